The number of carbonyl (C=O) groups is 1. The van der Waals surface area contributed by atoms with Crippen LogP contribution in [-0.4, -0.2) is 23.7 Å². The van der Waals surface area contributed by atoms with Crippen molar-refractivity contribution in [3.63, 3.8) is 0 Å². The molecular weight excluding hydrogens is 430 g/mol. The van der Waals surface area contributed by atoms with Crippen LogP contribution in [0, 0.1) is 11.8 Å². The van der Waals surface area contributed by atoms with Gasteiger partial charge >= 0.3 is 0 Å². The fourth-order valence-corrected chi connectivity index (χ4v) is 3.81. The largest absolute Gasteiger partial charge is 0.394 e. The van der Waals surface area contributed by atoms with E-state index < -0.39 is 0 Å². The van der Waals surface area contributed by atoms with Crippen molar-refractivity contribution in [1.82, 2.24) is 5.32 Å². The summed E-state index contributed by atoms with van der Waals surface area (Å²) >= 11 is 0. The van der Waals surface area contributed by atoms with Crippen molar-refractivity contribution in [2.45, 2.75) is 66.8 Å². The molecule has 0 aliphatic heterocycles. The van der Waals surface area contributed by atoms with Crippen LogP contribution in [0.15, 0.2) is 102 Å². The van der Waals surface area contributed by atoms with Gasteiger partial charge in [-0.2, -0.15) is 0 Å². The number of aliphatic hydroxyl groups excluding tert-OH is 1. The molecule has 2 N–H and O–H groups in total. The molecule has 1 rings (SSSR count). The van der Waals surface area contributed by atoms with Gasteiger partial charge < -0.3 is 10.4 Å². The number of aryl methyl sites for hydroxylation is 1. The molecule has 3 heteroatoms. The molecule has 0 saturated carbocycles. The molecule has 0 aliphatic carbocycles. The van der Waals surface area contributed by atoms with Gasteiger partial charge in [0.2, 0.25) is 5.91 Å². The fourth-order valence-electron chi connectivity index (χ4n) is 3.81. The Bertz CT molecular complexity index is 932. The lowest BCUT2D eigenvalue weighted by atomic mass is 9.94. The van der Waals surface area contributed by atoms with Crippen LogP contribution in [0.2, 0.25) is 0 Å². The Hall–Kier alpha value is -2.91. The smallest absolute Gasteiger partial charge is 0.247 e. The van der Waals surface area contributed by atoms with Crippen molar-refractivity contribution in [1.29, 1.82) is 0 Å². The van der Waals surface area contributed by atoms with Crippen molar-refractivity contribution >= 4 is 5.91 Å². The Balaban J connectivity index is 2.44. The van der Waals surface area contributed by atoms with E-state index in [1.54, 1.807) is 19.9 Å². The molecule has 1 aromatic carbocycles. The molecular formula is C32H45NO2. The predicted octanol–water partition coefficient (Wildman–Crippen LogP) is 7.29. The summed E-state index contributed by atoms with van der Waals surface area (Å²) in [6.07, 6.45) is 21.7. The van der Waals surface area contributed by atoms with Gasteiger partial charge in [-0.05, 0) is 64.4 Å². The number of amides is 1. The maximum atomic E-state index is 11.9. The van der Waals surface area contributed by atoms with Crippen molar-refractivity contribution in [2.24, 2.45) is 11.8 Å². The summed E-state index contributed by atoms with van der Waals surface area (Å²) in [6, 6.07) is 10.5. The maximum Gasteiger partial charge on any atom is 0.247 e. The molecule has 0 radical (unpaired) electrons. The number of benzene rings is 1. The monoisotopic (exact) mass is 475 g/mol. The molecule has 1 aromatic rings. The molecule has 0 spiro atoms. The van der Waals surface area contributed by atoms with Gasteiger partial charge in [0.05, 0.1) is 6.61 Å². The number of carbonyl (C=O) groups excluding carboxylic acids is 1. The molecule has 3 atom stereocenters. The number of rotatable bonds is 14. The Morgan fingerprint density at radius 2 is 1.57 bits per heavy atom. The Morgan fingerprint density at radius 1 is 0.914 bits per heavy atom. The third-order valence-corrected chi connectivity index (χ3v) is 5.65. The minimum atomic E-state index is -0.243. The summed E-state index contributed by atoms with van der Waals surface area (Å²) in [4.78, 5) is 11.9. The highest BCUT2D eigenvalue weighted by atomic mass is 16.3. The van der Waals surface area contributed by atoms with E-state index in [1.165, 1.54) is 23.1 Å². The molecule has 0 saturated heterocycles. The number of hydrogen-bond donors (Lipinski definition) is 2. The standard InChI is InChI=1S/C32H45NO2/c1-25(15-11-8-7-9-12-16-29(5)32(35)33-30(6)24-34)21-27(3)23-28(4)22-26(2)19-20-31-17-13-10-14-18-31/h7-18,21-22,26-27,30,34H,19-20,23-24H2,1-6H3,(H,33,35)/b8-7+,12-9+,15-11+,25-21+,28-22+,29-16+/t26-,27+,30-/m1/s1. The van der Waals surface area contributed by atoms with E-state index in [0.717, 1.165) is 12.8 Å². The minimum absolute atomic E-state index is 0.0682. The molecule has 35 heavy (non-hydrogen) atoms. The minimum Gasteiger partial charge on any atom is -0.394 e. The van der Waals surface area contributed by atoms with Gasteiger partial charge in [-0.15, -0.1) is 0 Å². The Kier molecular flexibility index (Phi) is 15.1. The third-order valence-electron chi connectivity index (χ3n) is 5.65. The van der Waals surface area contributed by atoms with E-state index in [2.05, 4.69) is 81.6 Å². The van der Waals surface area contributed by atoms with Crippen LogP contribution in [0.1, 0.15) is 59.9 Å². The molecule has 0 heterocycles. The normalized spacial score (nSPS) is 16.3. The molecule has 190 valence electrons. The predicted molar refractivity (Wildman–Crippen MR) is 151 cm³/mol. The zero-order chi connectivity index (χ0) is 26.1. The molecule has 1 amide bonds. The fraction of sp³-hybridized carbons (Fsp3) is 0.406. The van der Waals surface area contributed by atoms with E-state index >= 15 is 0 Å². The second kappa shape index (κ2) is 17.5. The summed E-state index contributed by atoms with van der Waals surface area (Å²) in [5.74, 6) is 0.915. The number of hydrogen-bond acceptors (Lipinski definition) is 2. The van der Waals surface area contributed by atoms with Crippen LogP contribution < -0.4 is 5.32 Å². The van der Waals surface area contributed by atoms with Crippen LogP contribution in [-0.2, 0) is 11.2 Å². The third kappa shape index (κ3) is 14.9. The van der Waals surface area contributed by atoms with Crippen molar-refractivity contribution in [3.8, 4) is 0 Å². The van der Waals surface area contributed by atoms with Gasteiger partial charge in [0.15, 0.2) is 0 Å². The lowest BCUT2D eigenvalue weighted by molar-refractivity contribution is -0.118. The molecule has 0 bridgehead atoms. The topological polar surface area (TPSA) is 49.3 Å². The van der Waals surface area contributed by atoms with Crippen LogP contribution in [0.5, 0.6) is 0 Å². The highest BCUT2D eigenvalue weighted by Crippen LogP contribution is 2.19. The number of nitrogens with one attached hydrogen (secondary N) is 1. The molecule has 3 nitrogen and oxygen atoms in total. The highest BCUT2D eigenvalue weighted by Gasteiger charge is 2.06. The lowest BCUT2D eigenvalue weighted by Crippen LogP contribution is -2.35. The second-order valence-electron chi connectivity index (χ2n) is 9.64. The lowest BCUT2D eigenvalue weighted by Gasteiger charge is -2.12. The van der Waals surface area contributed by atoms with Crippen molar-refractivity contribution in [2.75, 3.05) is 6.61 Å². The second-order valence-corrected chi connectivity index (χ2v) is 9.64. The molecule has 0 fully saturated rings. The van der Waals surface area contributed by atoms with Gasteiger partial charge in [-0.1, -0.05) is 110 Å². The van der Waals surface area contributed by atoms with Crippen LogP contribution in [0.25, 0.3) is 0 Å². The maximum absolute atomic E-state index is 11.9. The molecule has 0 unspecified atom stereocenters. The van der Waals surface area contributed by atoms with E-state index in [0.29, 0.717) is 17.4 Å². The zero-order valence-corrected chi connectivity index (χ0v) is 22.5. The van der Waals surface area contributed by atoms with E-state index in [-0.39, 0.29) is 18.6 Å². The number of aliphatic hydroxyl groups is 1. The van der Waals surface area contributed by atoms with Crippen LogP contribution >= 0.6 is 0 Å². The van der Waals surface area contributed by atoms with Crippen LogP contribution in [0.4, 0.5) is 0 Å². The average molecular weight is 476 g/mol. The summed E-state index contributed by atoms with van der Waals surface area (Å²) in [5, 5.41) is 11.7. The van der Waals surface area contributed by atoms with Gasteiger partial charge in [0, 0.05) is 11.6 Å². The van der Waals surface area contributed by atoms with E-state index in [1.807, 2.05) is 30.4 Å². The first-order valence-corrected chi connectivity index (χ1v) is 12.7. The Morgan fingerprint density at radius 3 is 2.26 bits per heavy atom. The quantitative estimate of drug-likeness (QED) is 0.169. The zero-order valence-electron chi connectivity index (χ0n) is 22.5. The van der Waals surface area contributed by atoms with Crippen LogP contribution in [0.3, 0.4) is 0 Å². The van der Waals surface area contributed by atoms with Gasteiger partial charge in [-0.25, -0.2) is 0 Å². The van der Waals surface area contributed by atoms with Gasteiger partial charge in [0.25, 0.3) is 0 Å². The highest BCUT2D eigenvalue weighted by molar-refractivity contribution is 5.93. The SMILES string of the molecule is CC(/C=C/C=C/C=C/C=C(\C)C(=O)N[C@H](C)CO)=C\[C@H](C)C/C(C)=C/[C@H](C)CCc1ccccc1. The number of allylic oxidation sites excluding steroid dienone is 11. The van der Waals surface area contributed by atoms with Gasteiger partial charge in [0.1, 0.15) is 0 Å². The summed E-state index contributed by atoms with van der Waals surface area (Å²) in [5.41, 5.74) is 4.73. The summed E-state index contributed by atoms with van der Waals surface area (Å²) in [6.45, 7) is 12.4. The average Bonchev–Trinajstić information content (AvgIpc) is 2.82. The summed E-state index contributed by atoms with van der Waals surface area (Å²) < 4.78 is 0. The molecule has 0 aliphatic rings. The van der Waals surface area contributed by atoms with Gasteiger partial charge in [-0.3, -0.25) is 4.79 Å². The molecule has 0 aromatic heterocycles. The first-order chi connectivity index (χ1) is 16.7. The van der Waals surface area contributed by atoms with E-state index in [9.17, 15) is 4.79 Å². The first kappa shape index (κ1) is 30.1. The Labute approximate surface area is 213 Å². The van der Waals surface area contributed by atoms with Crippen molar-refractivity contribution in [3.05, 3.63) is 107 Å². The first-order valence-electron chi connectivity index (χ1n) is 12.7. The van der Waals surface area contributed by atoms with E-state index in [4.69, 9.17) is 5.11 Å². The van der Waals surface area contributed by atoms with Crippen molar-refractivity contribution < 1.29 is 9.90 Å². The summed E-state index contributed by atoms with van der Waals surface area (Å²) in [7, 11) is 0.